The zero-order valence-electron chi connectivity index (χ0n) is 16.4. The van der Waals surface area contributed by atoms with Crippen molar-refractivity contribution in [3.05, 3.63) is 24.3 Å². The largest absolute Gasteiger partial charge is 0.495 e. The summed E-state index contributed by atoms with van der Waals surface area (Å²) < 4.78 is 5.47. The molecule has 144 valence electrons. The van der Waals surface area contributed by atoms with E-state index in [1.807, 2.05) is 18.2 Å². The van der Waals surface area contributed by atoms with E-state index in [9.17, 15) is 4.79 Å². The van der Waals surface area contributed by atoms with Crippen LogP contribution in [-0.2, 0) is 4.79 Å². The summed E-state index contributed by atoms with van der Waals surface area (Å²) in [6, 6.07) is 8.50. The van der Waals surface area contributed by atoms with E-state index in [0.29, 0.717) is 24.4 Å². The molecule has 5 nitrogen and oxygen atoms in total. The molecular weight excluding hydrogens is 326 g/mol. The van der Waals surface area contributed by atoms with Crippen LogP contribution in [0.3, 0.4) is 0 Å². The molecule has 0 spiro atoms. The fourth-order valence-electron chi connectivity index (χ4n) is 4.28. The van der Waals surface area contributed by atoms with Gasteiger partial charge in [0.2, 0.25) is 5.91 Å². The number of ether oxygens (including phenoxy) is 1. The molecular formula is C21H33N3O2. The van der Waals surface area contributed by atoms with Crippen LogP contribution in [0.1, 0.15) is 33.1 Å². The molecule has 1 aromatic carbocycles. The SMILES string of the molecule is COc1ccccc1N1CCN(CC(=O)N[C@H]2CCC[C@@H](C)[C@H]2C)CC1. The van der Waals surface area contributed by atoms with Crippen molar-refractivity contribution >= 4 is 11.6 Å². The van der Waals surface area contributed by atoms with E-state index in [2.05, 4.69) is 35.0 Å². The normalized spacial score (nSPS) is 27.2. The third-order valence-corrected chi connectivity index (χ3v) is 6.22. The van der Waals surface area contributed by atoms with Gasteiger partial charge in [0.15, 0.2) is 0 Å². The lowest BCUT2D eigenvalue weighted by atomic mass is 9.78. The first kappa shape index (κ1) is 19.0. The van der Waals surface area contributed by atoms with Crippen LogP contribution in [0, 0.1) is 11.8 Å². The molecule has 1 amide bonds. The highest BCUT2D eigenvalue weighted by Crippen LogP contribution is 2.30. The van der Waals surface area contributed by atoms with Gasteiger partial charge in [-0.05, 0) is 30.4 Å². The van der Waals surface area contributed by atoms with Gasteiger partial charge in [0, 0.05) is 32.2 Å². The molecule has 0 radical (unpaired) electrons. The molecule has 0 bridgehead atoms. The van der Waals surface area contributed by atoms with Crippen molar-refractivity contribution in [3.8, 4) is 5.75 Å². The zero-order valence-corrected chi connectivity index (χ0v) is 16.4. The summed E-state index contributed by atoms with van der Waals surface area (Å²) in [5, 5.41) is 3.29. The highest BCUT2D eigenvalue weighted by molar-refractivity contribution is 5.78. The number of amides is 1. The van der Waals surface area contributed by atoms with E-state index in [-0.39, 0.29) is 5.91 Å². The average molecular weight is 360 g/mol. The fraction of sp³-hybridized carbons (Fsp3) is 0.667. The van der Waals surface area contributed by atoms with Crippen molar-refractivity contribution < 1.29 is 9.53 Å². The number of carbonyl (C=O) groups is 1. The van der Waals surface area contributed by atoms with Crippen LogP contribution in [0.5, 0.6) is 5.75 Å². The molecule has 1 saturated heterocycles. The number of rotatable bonds is 5. The van der Waals surface area contributed by atoms with Gasteiger partial charge in [0.05, 0.1) is 19.3 Å². The third-order valence-electron chi connectivity index (χ3n) is 6.22. The number of piperazine rings is 1. The van der Waals surface area contributed by atoms with E-state index in [1.54, 1.807) is 7.11 Å². The Balaban J connectivity index is 1.47. The number of methoxy groups -OCH3 is 1. The number of nitrogens with zero attached hydrogens (tertiary/aromatic N) is 2. The topological polar surface area (TPSA) is 44.8 Å². The van der Waals surface area contributed by atoms with Crippen molar-refractivity contribution in [1.29, 1.82) is 0 Å². The fourth-order valence-corrected chi connectivity index (χ4v) is 4.28. The Morgan fingerprint density at radius 2 is 1.88 bits per heavy atom. The molecule has 0 unspecified atom stereocenters. The molecule has 3 atom stereocenters. The number of carbonyl (C=O) groups excluding carboxylic acids is 1. The monoisotopic (exact) mass is 359 g/mol. The Labute approximate surface area is 157 Å². The van der Waals surface area contributed by atoms with Gasteiger partial charge >= 0.3 is 0 Å². The molecule has 26 heavy (non-hydrogen) atoms. The van der Waals surface area contributed by atoms with Gasteiger partial charge in [-0.1, -0.05) is 38.8 Å². The van der Waals surface area contributed by atoms with Crippen LogP contribution in [0.25, 0.3) is 0 Å². The Morgan fingerprint density at radius 1 is 1.15 bits per heavy atom. The van der Waals surface area contributed by atoms with Crippen LogP contribution in [-0.4, -0.2) is 56.7 Å². The number of hydrogen-bond donors (Lipinski definition) is 1. The molecule has 1 aliphatic carbocycles. The molecule has 1 aromatic rings. The van der Waals surface area contributed by atoms with Crippen LogP contribution in [0.4, 0.5) is 5.69 Å². The van der Waals surface area contributed by atoms with E-state index >= 15 is 0 Å². The molecule has 5 heteroatoms. The lowest BCUT2D eigenvalue weighted by Crippen LogP contribution is -2.52. The highest BCUT2D eigenvalue weighted by Gasteiger charge is 2.29. The lowest BCUT2D eigenvalue weighted by Gasteiger charge is -2.37. The number of para-hydroxylation sites is 2. The summed E-state index contributed by atoms with van der Waals surface area (Å²) in [6.45, 7) is 8.75. The van der Waals surface area contributed by atoms with Gasteiger partial charge in [-0.25, -0.2) is 0 Å². The first-order valence-electron chi connectivity index (χ1n) is 9.98. The molecule has 2 fully saturated rings. The van der Waals surface area contributed by atoms with Gasteiger partial charge < -0.3 is 15.0 Å². The second kappa shape index (κ2) is 8.76. The molecule has 1 saturated carbocycles. The van der Waals surface area contributed by atoms with Crippen molar-refractivity contribution in [2.75, 3.05) is 44.7 Å². The molecule has 3 rings (SSSR count). The summed E-state index contributed by atoms with van der Waals surface area (Å²) in [5.74, 6) is 2.38. The number of nitrogens with one attached hydrogen (secondary N) is 1. The van der Waals surface area contributed by atoms with Gasteiger partial charge in [-0.15, -0.1) is 0 Å². The molecule has 1 aliphatic heterocycles. The maximum Gasteiger partial charge on any atom is 0.234 e. The minimum Gasteiger partial charge on any atom is -0.495 e. The Kier molecular flexibility index (Phi) is 6.41. The summed E-state index contributed by atoms with van der Waals surface area (Å²) in [7, 11) is 1.71. The van der Waals surface area contributed by atoms with Crippen molar-refractivity contribution in [3.63, 3.8) is 0 Å². The van der Waals surface area contributed by atoms with Gasteiger partial charge in [0.25, 0.3) is 0 Å². The highest BCUT2D eigenvalue weighted by atomic mass is 16.5. The first-order valence-corrected chi connectivity index (χ1v) is 9.98. The lowest BCUT2D eigenvalue weighted by molar-refractivity contribution is -0.123. The standard InChI is InChI=1S/C21H33N3O2/c1-16-7-6-8-18(17(16)2)22-21(25)15-23-11-13-24(14-12-23)19-9-4-5-10-20(19)26-3/h4-5,9-10,16-18H,6-8,11-15H2,1-3H3,(H,22,25)/t16-,17-,18+/m1/s1. The Bertz CT molecular complexity index is 599. The minimum atomic E-state index is 0.182. The van der Waals surface area contributed by atoms with E-state index in [1.165, 1.54) is 12.8 Å². The smallest absolute Gasteiger partial charge is 0.234 e. The van der Waals surface area contributed by atoms with Crippen molar-refractivity contribution in [2.45, 2.75) is 39.2 Å². The molecule has 1 N–H and O–H groups in total. The second-order valence-electron chi connectivity index (χ2n) is 7.88. The zero-order chi connectivity index (χ0) is 18.5. The van der Waals surface area contributed by atoms with Gasteiger partial charge in [-0.3, -0.25) is 9.69 Å². The van der Waals surface area contributed by atoms with Crippen molar-refractivity contribution in [1.82, 2.24) is 10.2 Å². The maximum absolute atomic E-state index is 12.5. The quantitative estimate of drug-likeness (QED) is 0.878. The number of anilines is 1. The maximum atomic E-state index is 12.5. The van der Waals surface area contributed by atoms with Crippen LogP contribution in [0.15, 0.2) is 24.3 Å². The van der Waals surface area contributed by atoms with Crippen LogP contribution in [0.2, 0.25) is 0 Å². The van der Waals surface area contributed by atoms with E-state index < -0.39 is 0 Å². The van der Waals surface area contributed by atoms with Crippen LogP contribution < -0.4 is 15.0 Å². The average Bonchev–Trinajstić information content (AvgIpc) is 2.66. The summed E-state index contributed by atoms with van der Waals surface area (Å²) >= 11 is 0. The molecule has 0 aromatic heterocycles. The second-order valence-corrected chi connectivity index (χ2v) is 7.88. The molecule has 2 aliphatic rings. The van der Waals surface area contributed by atoms with Gasteiger partial charge in [0.1, 0.15) is 5.75 Å². The van der Waals surface area contributed by atoms with Gasteiger partial charge in [-0.2, -0.15) is 0 Å². The Hall–Kier alpha value is -1.75. The predicted octanol–water partition coefficient (Wildman–Crippen LogP) is 2.76. The number of benzene rings is 1. The number of hydrogen-bond acceptors (Lipinski definition) is 4. The molecule has 1 heterocycles. The summed E-state index contributed by atoms with van der Waals surface area (Å²) in [4.78, 5) is 17.1. The van der Waals surface area contributed by atoms with E-state index in [0.717, 1.165) is 44.0 Å². The van der Waals surface area contributed by atoms with Crippen molar-refractivity contribution in [2.24, 2.45) is 11.8 Å². The summed E-state index contributed by atoms with van der Waals surface area (Å²) in [6.07, 6.45) is 3.64. The van der Waals surface area contributed by atoms with E-state index in [4.69, 9.17) is 4.74 Å². The Morgan fingerprint density at radius 3 is 2.62 bits per heavy atom. The predicted molar refractivity (Wildman–Crippen MR) is 106 cm³/mol. The first-order chi connectivity index (χ1) is 12.6. The minimum absolute atomic E-state index is 0.182. The van der Waals surface area contributed by atoms with Crippen LogP contribution >= 0.6 is 0 Å². The third kappa shape index (κ3) is 4.50. The summed E-state index contributed by atoms with van der Waals surface area (Å²) in [5.41, 5.74) is 1.14.